The number of hydrogen-bond acceptors (Lipinski definition) is 3. The molecule has 0 bridgehead atoms. The Labute approximate surface area is 111 Å². The van der Waals surface area contributed by atoms with Crippen molar-refractivity contribution >= 4 is 34.5 Å². The predicted molar refractivity (Wildman–Crippen MR) is 66.5 cm³/mol. The summed E-state index contributed by atoms with van der Waals surface area (Å²) in [6, 6.07) is 2.15. The Morgan fingerprint density at radius 1 is 1.61 bits per heavy atom. The van der Waals surface area contributed by atoms with Crippen LogP contribution in [0.25, 0.3) is 0 Å². The molecular weight excluding hydrogens is 283 g/mol. The van der Waals surface area contributed by atoms with E-state index in [1.54, 1.807) is 6.92 Å². The van der Waals surface area contributed by atoms with Crippen LogP contribution in [0.5, 0.6) is 0 Å². The molecule has 1 unspecified atom stereocenters. The van der Waals surface area contributed by atoms with Gasteiger partial charge >= 0.3 is 0 Å². The standard InChI is InChI=1S/C10H12ClFN2O3S/c1-2-5-14(18(16)17)7-4-3-6(12)8(9(7)11)10(13)15/h3-4H,2,5H2,1H3,(H2,13,15)(H,16,17)/p-1. The second kappa shape index (κ2) is 6.12. The van der Waals surface area contributed by atoms with Gasteiger partial charge in [0.25, 0.3) is 5.91 Å². The number of carbonyl (C=O) groups excluding carboxylic acids is 1. The molecule has 100 valence electrons. The van der Waals surface area contributed by atoms with Crippen LogP contribution in [0.4, 0.5) is 10.1 Å². The number of anilines is 1. The van der Waals surface area contributed by atoms with Crippen molar-refractivity contribution in [1.29, 1.82) is 0 Å². The second-order valence-electron chi connectivity index (χ2n) is 3.44. The molecule has 0 radical (unpaired) electrons. The van der Waals surface area contributed by atoms with Crippen LogP contribution in [0.3, 0.4) is 0 Å². The van der Waals surface area contributed by atoms with Crippen LogP contribution in [0.2, 0.25) is 5.02 Å². The number of nitrogens with two attached hydrogens (primary N) is 1. The van der Waals surface area contributed by atoms with Crippen LogP contribution in [0.15, 0.2) is 12.1 Å². The van der Waals surface area contributed by atoms with Crippen LogP contribution in [0.1, 0.15) is 23.7 Å². The molecule has 0 aliphatic rings. The molecule has 0 saturated heterocycles. The summed E-state index contributed by atoms with van der Waals surface area (Å²) in [7, 11) is 0. The third-order valence-corrected chi connectivity index (χ3v) is 3.31. The third kappa shape index (κ3) is 2.98. The average molecular weight is 294 g/mol. The molecule has 1 aromatic carbocycles. The molecule has 18 heavy (non-hydrogen) atoms. The molecule has 0 aliphatic carbocycles. The minimum Gasteiger partial charge on any atom is -0.755 e. The fourth-order valence-electron chi connectivity index (χ4n) is 1.44. The van der Waals surface area contributed by atoms with Crippen LogP contribution in [0, 0.1) is 5.82 Å². The minimum atomic E-state index is -2.57. The number of benzene rings is 1. The number of carbonyl (C=O) groups is 1. The summed E-state index contributed by atoms with van der Waals surface area (Å²) in [6.07, 6.45) is 0.535. The van der Waals surface area contributed by atoms with Gasteiger partial charge in [0.1, 0.15) is 5.82 Å². The Morgan fingerprint density at radius 3 is 2.67 bits per heavy atom. The van der Waals surface area contributed by atoms with Crippen molar-refractivity contribution in [2.45, 2.75) is 13.3 Å². The molecule has 8 heteroatoms. The maximum Gasteiger partial charge on any atom is 0.253 e. The number of hydrogen-bond donors (Lipinski definition) is 1. The van der Waals surface area contributed by atoms with Crippen LogP contribution in [-0.2, 0) is 11.3 Å². The van der Waals surface area contributed by atoms with Gasteiger partial charge in [-0.25, -0.2) is 4.39 Å². The van der Waals surface area contributed by atoms with E-state index in [0.717, 1.165) is 10.4 Å². The van der Waals surface area contributed by atoms with Gasteiger partial charge in [-0.3, -0.25) is 9.00 Å². The topological polar surface area (TPSA) is 86.5 Å². The molecule has 1 amide bonds. The second-order valence-corrected chi connectivity index (χ2v) is 4.69. The van der Waals surface area contributed by atoms with E-state index >= 15 is 0 Å². The molecule has 0 spiro atoms. The Morgan fingerprint density at radius 2 is 2.22 bits per heavy atom. The zero-order valence-electron chi connectivity index (χ0n) is 9.48. The van der Waals surface area contributed by atoms with Gasteiger partial charge in [-0.2, -0.15) is 0 Å². The van der Waals surface area contributed by atoms with E-state index < -0.39 is 28.6 Å². The van der Waals surface area contributed by atoms with Gasteiger partial charge in [-0.1, -0.05) is 18.5 Å². The summed E-state index contributed by atoms with van der Waals surface area (Å²) in [4.78, 5) is 11.1. The lowest BCUT2D eigenvalue weighted by atomic mass is 10.1. The molecule has 0 aliphatic heterocycles. The van der Waals surface area contributed by atoms with Crippen molar-refractivity contribution in [2.75, 3.05) is 10.8 Å². The van der Waals surface area contributed by atoms with E-state index in [2.05, 4.69) is 0 Å². The van der Waals surface area contributed by atoms with Gasteiger partial charge in [-0.05, 0) is 18.6 Å². The first kappa shape index (κ1) is 14.9. The van der Waals surface area contributed by atoms with Crippen molar-refractivity contribution < 1.29 is 17.9 Å². The molecule has 0 aromatic heterocycles. The molecule has 1 rings (SSSR count). The summed E-state index contributed by atoms with van der Waals surface area (Å²) in [5.41, 5.74) is 4.52. The number of halogens is 2. The Balaban J connectivity index is 3.37. The van der Waals surface area contributed by atoms with Crippen LogP contribution >= 0.6 is 11.6 Å². The first-order valence-electron chi connectivity index (χ1n) is 5.04. The molecule has 5 nitrogen and oxygen atoms in total. The molecular formula is C10H11ClFN2O3S-. The monoisotopic (exact) mass is 293 g/mol. The molecule has 0 fully saturated rings. The molecule has 1 aromatic rings. The quantitative estimate of drug-likeness (QED) is 0.836. The maximum atomic E-state index is 13.4. The van der Waals surface area contributed by atoms with E-state index in [1.807, 2.05) is 0 Å². The van der Waals surface area contributed by atoms with Gasteiger partial charge in [0, 0.05) is 17.8 Å². The number of amides is 1. The first-order chi connectivity index (χ1) is 8.40. The highest BCUT2D eigenvalue weighted by Crippen LogP contribution is 2.31. The van der Waals surface area contributed by atoms with E-state index in [-0.39, 0.29) is 17.3 Å². The van der Waals surface area contributed by atoms with E-state index in [4.69, 9.17) is 17.3 Å². The fraction of sp³-hybridized carbons (Fsp3) is 0.300. The Hall–Kier alpha value is -1.18. The summed E-state index contributed by atoms with van der Waals surface area (Å²) in [5.74, 6) is -1.93. The van der Waals surface area contributed by atoms with E-state index in [9.17, 15) is 17.9 Å². The maximum absolute atomic E-state index is 13.4. The number of rotatable bonds is 5. The minimum absolute atomic E-state index is 0.0297. The lowest BCUT2D eigenvalue weighted by Crippen LogP contribution is -2.27. The number of primary amides is 1. The van der Waals surface area contributed by atoms with Gasteiger partial charge < -0.3 is 14.6 Å². The van der Waals surface area contributed by atoms with Crippen molar-refractivity contribution in [3.05, 3.63) is 28.5 Å². The highest BCUT2D eigenvalue weighted by molar-refractivity contribution is 7.80. The average Bonchev–Trinajstić information content (AvgIpc) is 2.26. The van der Waals surface area contributed by atoms with Gasteiger partial charge in [-0.15, -0.1) is 0 Å². The number of nitrogens with zero attached hydrogens (tertiary/aromatic N) is 1. The van der Waals surface area contributed by atoms with Gasteiger partial charge in [0.15, 0.2) is 0 Å². The molecule has 2 N–H and O–H groups in total. The van der Waals surface area contributed by atoms with Crippen molar-refractivity contribution in [3.8, 4) is 0 Å². The Bertz CT molecular complexity index is 498. The summed E-state index contributed by atoms with van der Waals surface area (Å²) >= 11 is 3.26. The highest BCUT2D eigenvalue weighted by atomic mass is 35.5. The molecule has 1 atom stereocenters. The molecule has 0 heterocycles. The lowest BCUT2D eigenvalue weighted by molar-refractivity contribution is 0.0996. The summed E-state index contributed by atoms with van der Waals surface area (Å²) in [5, 5.41) is -0.305. The largest absolute Gasteiger partial charge is 0.755 e. The smallest absolute Gasteiger partial charge is 0.253 e. The van der Waals surface area contributed by atoms with E-state index in [0.29, 0.717) is 6.42 Å². The van der Waals surface area contributed by atoms with Gasteiger partial charge in [0.2, 0.25) is 0 Å². The van der Waals surface area contributed by atoms with Crippen LogP contribution < -0.4 is 10.0 Å². The van der Waals surface area contributed by atoms with Crippen molar-refractivity contribution in [3.63, 3.8) is 0 Å². The van der Waals surface area contributed by atoms with E-state index in [1.165, 1.54) is 6.07 Å². The fourth-order valence-corrected chi connectivity index (χ4v) is 2.48. The van der Waals surface area contributed by atoms with Crippen molar-refractivity contribution in [2.24, 2.45) is 5.73 Å². The third-order valence-electron chi connectivity index (χ3n) is 2.19. The van der Waals surface area contributed by atoms with Crippen molar-refractivity contribution in [1.82, 2.24) is 0 Å². The normalized spacial score (nSPS) is 12.2. The predicted octanol–water partition coefficient (Wildman–Crippen LogP) is 1.59. The summed E-state index contributed by atoms with van der Waals surface area (Å²) < 4.78 is 36.4. The molecule has 0 saturated carbocycles. The zero-order chi connectivity index (χ0) is 13.9. The lowest BCUT2D eigenvalue weighted by Gasteiger charge is -2.27. The van der Waals surface area contributed by atoms with Crippen LogP contribution in [-0.4, -0.2) is 21.2 Å². The highest BCUT2D eigenvalue weighted by Gasteiger charge is 2.20. The van der Waals surface area contributed by atoms with Gasteiger partial charge in [0.05, 0.1) is 16.3 Å². The summed E-state index contributed by atoms with van der Waals surface area (Å²) in [6.45, 7) is 1.94. The SMILES string of the molecule is CCCN(c1ccc(F)c(C(N)=O)c1Cl)S(=O)[O-]. The first-order valence-corrected chi connectivity index (χ1v) is 6.45. The zero-order valence-corrected chi connectivity index (χ0v) is 11.1. The Kier molecular flexibility index (Phi) is 5.06.